The first-order chi connectivity index (χ1) is 13.9. The van der Waals surface area contributed by atoms with Gasteiger partial charge in [-0.3, -0.25) is 4.90 Å². The molecule has 0 bridgehead atoms. The first-order valence-corrected chi connectivity index (χ1v) is 11.1. The van der Waals surface area contributed by atoms with Gasteiger partial charge in [-0.15, -0.1) is 0 Å². The zero-order chi connectivity index (χ0) is 20.6. The van der Waals surface area contributed by atoms with E-state index in [1.165, 1.54) is 0 Å². The Balaban J connectivity index is 1.43. The van der Waals surface area contributed by atoms with Crippen LogP contribution in [0.4, 0.5) is 0 Å². The van der Waals surface area contributed by atoms with Crippen molar-refractivity contribution in [3.63, 3.8) is 0 Å². The molecule has 0 atom stereocenters. The molecule has 4 rings (SSSR count). The fourth-order valence-electron chi connectivity index (χ4n) is 3.71. The number of rotatable bonds is 5. The van der Waals surface area contributed by atoms with E-state index in [4.69, 9.17) is 4.74 Å². The molecular formula is C21H26N4O3S. The molecule has 3 aromatic rings. The Morgan fingerprint density at radius 2 is 1.83 bits per heavy atom. The Kier molecular flexibility index (Phi) is 5.33. The summed E-state index contributed by atoms with van der Waals surface area (Å²) in [6.07, 6.45) is 0. The molecule has 0 unspecified atom stereocenters. The molecule has 7 nitrogen and oxygen atoms in total. The van der Waals surface area contributed by atoms with Gasteiger partial charge in [0.15, 0.2) is 0 Å². The molecule has 0 radical (unpaired) electrons. The van der Waals surface area contributed by atoms with Crippen molar-refractivity contribution >= 4 is 21.1 Å². The molecule has 1 aliphatic rings. The van der Waals surface area contributed by atoms with Gasteiger partial charge in [-0.05, 0) is 43.2 Å². The molecular weight excluding hydrogens is 388 g/mol. The lowest BCUT2D eigenvalue weighted by Gasteiger charge is -2.33. The summed E-state index contributed by atoms with van der Waals surface area (Å²) in [6, 6.07) is 11.3. The molecule has 8 heteroatoms. The Hall–Kier alpha value is -2.42. The number of methoxy groups -OCH3 is 1. The van der Waals surface area contributed by atoms with E-state index in [1.807, 2.05) is 44.2 Å². The smallest absolute Gasteiger partial charge is 0.243 e. The highest BCUT2D eigenvalue weighted by Gasteiger charge is 2.29. The van der Waals surface area contributed by atoms with Gasteiger partial charge >= 0.3 is 0 Å². The van der Waals surface area contributed by atoms with Gasteiger partial charge in [0.05, 0.1) is 29.6 Å². The van der Waals surface area contributed by atoms with Gasteiger partial charge in [-0.2, -0.15) is 4.31 Å². The molecule has 1 saturated heterocycles. The fourth-order valence-corrected chi connectivity index (χ4v) is 5.44. The summed E-state index contributed by atoms with van der Waals surface area (Å²) in [7, 11) is -1.83. The molecule has 0 spiro atoms. The lowest BCUT2D eigenvalue weighted by molar-refractivity contribution is 0.178. The molecule has 1 aromatic heterocycles. The second-order valence-electron chi connectivity index (χ2n) is 7.52. The number of imidazole rings is 1. The minimum atomic E-state index is -3.47. The van der Waals surface area contributed by atoms with Crippen LogP contribution in [0, 0.1) is 13.8 Å². The van der Waals surface area contributed by atoms with Crippen molar-refractivity contribution < 1.29 is 13.2 Å². The summed E-state index contributed by atoms with van der Waals surface area (Å²) in [6.45, 7) is 6.72. The number of aromatic nitrogens is 2. The Bertz CT molecular complexity index is 1130. The third-order valence-corrected chi connectivity index (χ3v) is 7.44. The number of hydrogen-bond donors (Lipinski definition) is 1. The molecule has 0 saturated carbocycles. The molecule has 0 amide bonds. The van der Waals surface area contributed by atoms with Gasteiger partial charge in [-0.25, -0.2) is 13.4 Å². The average molecular weight is 415 g/mol. The van der Waals surface area contributed by atoms with Gasteiger partial charge in [0.2, 0.25) is 10.0 Å². The van der Waals surface area contributed by atoms with E-state index in [2.05, 4.69) is 14.9 Å². The van der Waals surface area contributed by atoms with Crippen molar-refractivity contribution in [3.05, 3.63) is 53.3 Å². The minimum Gasteiger partial charge on any atom is -0.497 e. The summed E-state index contributed by atoms with van der Waals surface area (Å²) in [5.41, 5.74) is 3.58. The van der Waals surface area contributed by atoms with E-state index < -0.39 is 10.0 Å². The highest BCUT2D eigenvalue weighted by molar-refractivity contribution is 7.89. The number of piperazine rings is 1. The Labute approximate surface area is 171 Å². The second-order valence-corrected chi connectivity index (χ2v) is 9.42. The van der Waals surface area contributed by atoms with Crippen LogP contribution in [0.25, 0.3) is 11.0 Å². The number of aryl methyl sites for hydroxylation is 2. The zero-order valence-electron chi connectivity index (χ0n) is 17.0. The summed E-state index contributed by atoms with van der Waals surface area (Å²) in [4.78, 5) is 10.6. The predicted octanol–water partition coefficient (Wildman–Crippen LogP) is 2.69. The molecule has 154 valence electrons. The molecule has 1 aliphatic heterocycles. The number of nitrogens with one attached hydrogen (secondary N) is 1. The van der Waals surface area contributed by atoms with Gasteiger partial charge in [0, 0.05) is 32.2 Å². The molecule has 2 heterocycles. The third-order valence-electron chi connectivity index (χ3n) is 5.40. The standard InChI is InChI=1S/C21H26N4O3S/c1-15-4-5-16(2)20(12-15)29(26,27)25-10-8-24(9-11-25)14-21-22-18-7-6-17(28-3)13-19(18)23-21/h4-7,12-13H,8-11,14H2,1-3H3,(H,22,23). The SMILES string of the molecule is COc1ccc2nc(CN3CCN(S(=O)(=O)c4cc(C)ccc4C)CC3)[nH]c2c1. The number of H-pyrrole nitrogens is 1. The lowest BCUT2D eigenvalue weighted by atomic mass is 10.2. The van der Waals surface area contributed by atoms with E-state index in [0.29, 0.717) is 37.6 Å². The van der Waals surface area contributed by atoms with Gasteiger partial charge in [-0.1, -0.05) is 12.1 Å². The van der Waals surface area contributed by atoms with Gasteiger partial charge < -0.3 is 9.72 Å². The van der Waals surface area contributed by atoms with Crippen LogP contribution in [-0.2, 0) is 16.6 Å². The summed E-state index contributed by atoms with van der Waals surface area (Å²) in [5, 5.41) is 0. The first-order valence-electron chi connectivity index (χ1n) is 9.69. The van der Waals surface area contributed by atoms with Crippen LogP contribution < -0.4 is 4.74 Å². The number of ether oxygens (including phenoxy) is 1. The summed E-state index contributed by atoms with van der Waals surface area (Å²) >= 11 is 0. The van der Waals surface area contributed by atoms with Crippen LogP contribution in [0.5, 0.6) is 5.75 Å². The van der Waals surface area contributed by atoms with Crippen LogP contribution in [0.2, 0.25) is 0 Å². The molecule has 1 N–H and O–H groups in total. The van der Waals surface area contributed by atoms with Crippen molar-refractivity contribution in [2.24, 2.45) is 0 Å². The largest absolute Gasteiger partial charge is 0.497 e. The number of fused-ring (bicyclic) bond motifs is 1. The maximum atomic E-state index is 13.1. The predicted molar refractivity (Wildman–Crippen MR) is 113 cm³/mol. The van der Waals surface area contributed by atoms with Gasteiger partial charge in [0.25, 0.3) is 0 Å². The average Bonchev–Trinajstić information content (AvgIpc) is 3.11. The summed E-state index contributed by atoms with van der Waals surface area (Å²) in [5.74, 6) is 1.66. The topological polar surface area (TPSA) is 78.5 Å². The molecule has 1 fully saturated rings. The highest BCUT2D eigenvalue weighted by Crippen LogP contribution is 2.23. The second kappa shape index (κ2) is 7.78. The van der Waals surface area contributed by atoms with Gasteiger partial charge in [0.1, 0.15) is 11.6 Å². The van der Waals surface area contributed by atoms with Crippen LogP contribution >= 0.6 is 0 Å². The molecule has 0 aliphatic carbocycles. The highest BCUT2D eigenvalue weighted by atomic mass is 32.2. The zero-order valence-corrected chi connectivity index (χ0v) is 17.8. The van der Waals surface area contributed by atoms with Crippen molar-refractivity contribution in [3.8, 4) is 5.75 Å². The normalized spacial score (nSPS) is 16.4. The monoisotopic (exact) mass is 414 g/mol. The van der Waals surface area contributed by atoms with Crippen LogP contribution in [0.15, 0.2) is 41.3 Å². The Morgan fingerprint density at radius 1 is 1.07 bits per heavy atom. The number of sulfonamides is 1. The number of benzene rings is 2. The quantitative estimate of drug-likeness (QED) is 0.695. The Morgan fingerprint density at radius 3 is 2.55 bits per heavy atom. The molecule has 2 aromatic carbocycles. The first kappa shape index (κ1) is 19.9. The maximum Gasteiger partial charge on any atom is 0.243 e. The van der Waals surface area contributed by atoms with E-state index in [0.717, 1.165) is 33.7 Å². The lowest BCUT2D eigenvalue weighted by Crippen LogP contribution is -2.48. The van der Waals surface area contributed by atoms with E-state index in [-0.39, 0.29) is 0 Å². The fraction of sp³-hybridized carbons (Fsp3) is 0.381. The number of nitrogens with zero attached hydrogens (tertiary/aromatic N) is 3. The van der Waals surface area contributed by atoms with Crippen LogP contribution in [0.3, 0.4) is 0 Å². The van der Waals surface area contributed by atoms with E-state index >= 15 is 0 Å². The number of aromatic amines is 1. The third kappa shape index (κ3) is 4.01. The van der Waals surface area contributed by atoms with Crippen molar-refractivity contribution in [2.75, 3.05) is 33.3 Å². The van der Waals surface area contributed by atoms with Crippen molar-refractivity contribution in [1.82, 2.24) is 19.2 Å². The minimum absolute atomic E-state index is 0.414. The van der Waals surface area contributed by atoms with Crippen molar-refractivity contribution in [1.29, 1.82) is 0 Å². The maximum absolute atomic E-state index is 13.1. The van der Waals surface area contributed by atoms with Crippen LogP contribution in [0.1, 0.15) is 17.0 Å². The van der Waals surface area contributed by atoms with E-state index in [1.54, 1.807) is 17.5 Å². The molecule has 29 heavy (non-hydrogen) atoms. The summed E-state index contributed by atoms with van der Waals surface area (Å²) < 4.78 is 33.0. The number of hydrogen-bond acceptors (Lipinski definition) is 5. The van der Waals surface area contributed by atoms with Crippen LogP contribution in [-0.4, -0.2) is 60.9 Å². The van der Waals surface area contributed by atoms with E-state index in [9.17, 15) is 8.42 Å². The van der Waals surface area contributed by atoms with Crippen molar-refractivity contribution in [2.45, 2.75) is 25.3 Å².